The summed E-state index contributed by atoms with van der Waals surface area (Å²) in [7, 11) is 0. The molecule has 0 aromatic heterocycles. The number of amides is 1. The smallest absolute Gasteiger partial charge is 0.231 e. The highest BCUT2D eigenvalue weighted by molar-refractivity contribution is 6.05. The Labute approximate surface area is 101 Å². The average Bonchev–Trinajstić information content (AvgIpc) is 2.16. The summed E-state index contributed by atoms with van der Waals surface area (Å²) in [4.78, 5) is 45.0. The molecular weight excluding hydrogens is 222 g/mol. The maximum absolute atomic E-state index is 11.6. The third-order valence-electron chi connectivity index (χ3n) is 2.95. The van der Waals surface area contributed by atoms with Crippen molar-refractivity contribution in [1.29, 1.82) is 0 Å². The Morgan fingerprint density at radius 2 is 1.24 bits per heavy atom. The van der Waals surface area contributed by atoms with Crippen LogP contribution in [-0.4, -0.2) is 23.3 Å². The molecule has 0 heterocycles. The zero-order valence-electron chi connectivity index (χ0n) is 10.5. The highest BCUT2D eigenvalue weighted by atomic mass is 16.2. The monoisotopic (exact) mass is 241 g/mol. The summed E-state index contributed by atoms with van der Waals surface area (Å²) in [5.74, 6) is -1.36. The lowest BCUT2D eigenvalue weighted by Crippen LogP contribution is -2.43. The van der Waals surface area contributed by atoms with Crippen LogP contribution in [0.3, 0.4) is 0 Å². The molecule has 0 bridgehead atoms. The Kier molecular flexibility index (Phi) is 5.71. The predicted octanol–water partition coefficient (Wildman–Crippen LogP) is 0.785. The second kappa shape index (κ2) is 6.27. The van der Waals surface area contributed by atoms with Crippen LogP contribution in [-0.2, 0) is 19.2 Å². The summed E-state index contributed by atoms with van der Waals surface area (Å²) in [6, 6.07) is 0. The molecule has 0 aliphatic carbocycles. The SMILES string of the molecule is CC(=O)CCC(CCC(C)=O)(C(C)=O)C(N)=O. The molecule has 0 atom stereocenters. The number of carbonyl (C=O) groups excluding carboxylic acids is 4. The van der Waals surface area contributed by atoms with Crippen molar-refractivity contribution < 1.29 is 19.2 Å². The molecule has 2 N–H and O–H groups in total. The highest BCUT2D eigenvalue weighted by Gasteiger charge is 2.41. The molecule has 0 aromatic carbocycles. The lowest BCUT2D eigenvalue weighted by atomic mass is 9.74. The van der Waals surface area contributed by atoms with Crippen molar-refractivity contribution in [2.24, 2.45) is 11.1 Å². The molecule has 0 saturated carbocycles. The molecule has 0 saturated heterocycles. The van der Waals surface area contributed by atoms with E-state index in [1.807, 2.05) is 0 Å². The Morgan fingerprint density at radius 3 is 1.41 bits per heavy atom. The van der Waals surface area contributed by atoms with Crippen LogP contribution in [0.2, 0.25) is 0 Å². The van der Waals surface area contributed by atoms with Crippen molar-refractivity contribution >= 4 is 23.3 Å². The lowest BCUT2D eigenvalue weighted by molar-refractivity contribution is -0.140. The fourth-order valence-electron chi connectivity index (χ4n) is 1.68. The molecule has 0 aliphatic rings. The molecule has 0 spiro atoms. The summed E-state index contributed by atoms with van der Waals surface area (Å²) in [5, 5.41) is 0. The van der Waals surface area contributed by atoms with Gasteiger partial charge in [-0.3, -0.25) is 9.59 Å². The maximum atomic E-state index is 11.6. The lowest BCUT2D eigenvalue weighted by Gasteiger charge is -2.27. The number of hydrogen-bond acceptors (Lipinski definition) is 4. The number of rotatable bonds is 8. The zero-order valence-corrected chi connectivity index (χ0v) is 10.5. The minimum atomic E-state index is -1.38. The molecule has 1 amide bonds. The van der Waals surface area contributed by atoms with Crippen LogP contribution in [0.25, 0.3) is 0 Å². The number of primary amides is 1. The Hall–Kier alpha value is -1.52. The standard InChI is InChI=1S/C12H19NO4/c1-8(14)4-6-12(10(3)16,11(13)17)7-5-9(2)15/h4-7H2,1-3H3,(H2,13,17). The number of ketones is 3. The Balaban J connectivity index is 4.99. The van der Waals surface area contributed by atoms with E-state index in [0.29, 0.717) is 0 Å². The van der Waals surface area contributed by atoms with Gasteiger partial charge >= 0.3 is 0 Å². The summed E-state index contributed by atoms with van der Waals surface area (Å²) in [6.45, 7) is 4.04. The first kappa shape index (κ1) is 15.5. The number of Topliss-reactive ketones (excluding diaryl/α,β-unsaturated/α-hetero) is 3. The summed E-state index contributed by atoms with van der Waals surface area (Å²) in [5.41, 5.74) is 3.89. The van der Waals surface area contributed by atoms with Crippen molar-refractivity contribution in [3.8, 4) is 0 Å². The fourth-order valence-corrected chi connectivity index (χ4v) is 1.68. The first-order chi connectivity index (χ1) is 7.72. The summed E-state index contributed by atoms with van der Waals surface area (Å²) < 4.78 is 0. The van der Waals surface area contributed by atoms with Gasteiger partial charge in [0.1, 0.15) is 22.8 Å². The Bertz CT molecular complexity index is 312. The number of hydrogen-bond donors (Lipinski definition) is 1. The average molecular weight is 241 g/mol. The van der Waals surface area contributed by atoms with Crippen molar-refractivity contribution in [3.63, 3.8) is 0 Å². The van der Waals surface area contributed by atoms with Crippen LogP contribution in [0, 0.1) is 5.41 Å². The molecular formula is C12H19NO4. The fraction of sp³-hybridized carbons (Fsp3) is 0.667. The van der Waals surface area contributed by atoms with Gasteiger partial charge in [0, 0.05) is 12.8 Å². The molecule has 0 rings (SSSR count). The van der Waals surface area contributed by atoms with Crippen LogP contribution in [0.5, 0.6) is 0 Å². The molecule has 96 valence electrons. The predicted molar refractivity (Wildman–Crippen MR) is 62.1 cm³/mol. The van der Waals surface area contributed by atoms with Crippen LogP contribution < -0.4 is 5.73 Å². The second-order valence-corrected chi connectivity index (χ2v) is 4.41. The van der Waals surface area contributed by atoms with Crippen LogP contribution in [0.4, 0.5) is 0 Å². The van der Waals surface area contributed by atoms with E-state index in [2.05, 4.69) is 0 Å². The van der Waals surface area contributed by atoms with E-state index in [-0.39, 0.29) is 43.0 Å². The summed E-state index contributed by atoms with van der Waals surface area (Å²) in [6.07, 6.45) is 0.390. The normalized spacial score (nSPS) is 11.0. The van der Waals surface area contributed by atoms with Crippen LogP contribution in [0.15, 0.2) is 0 Å². The van der Waals surface area contributed by atoms with Gasteiger partial charge in [-0.15, -0.1) is 0 Å². The largest absolute Gasteiger partial charge is 0.369 e. The van der Waals surface area contributed by atoms with Gasteiger partial charge < -0.3 is 15.3 Å². The number of nitrogens with two attached hydrogens (primary N) is 1. The maximum Gasteiger partial charge on any atom is 0.231 e. The van der Waals surface area contributed by atoms with Gasteiger partial charge in [0.05, 0.1) is 0 Å². The van der Waals surface area contributed by atoms with Crippen molar-refractivity contribution in [2.75, 3.05) is 0 Å². The highest BCUT2D eigenvalue weighted by Crippen LogP contribution is 2.31. The van der Waals surface area contributed by atoms with Gasteiger partial charge in [-0.05, 0) is 33.6 Å². The van der Waals surface area contributed by atoms with E-state index in [4.69, 9.17) is 5.73 Å². The van der Waals surface area contributed by atoms with E-state index < -0.39 is 11.3 Å². The van der Waals surface area contributed by atoms with Crippen LogP contribution in [0.1, 0.15) is 46.5 Å². The van der Waals surface area contributed by atoms with E-state index in [1.54, 1.807) is 0 Å². The van der Waals surface area contributed by atoms with Gasteiger partial charge in [0.15, 0.2) is 0 Å². The zero-order chi connectivity index (χ0) is 13.6. The van der Waals surface area contributed by atoms with E-state index >= 15 is 0 Å². The Morgan fingerprint density at radius 1 is 0.882 bits per heavy atom. The van der Waals surface area contributed by atoms with E-state index in [9.17, 15) is 19.2 Å². The first-order valence-electron chi connectivity index (χ1n) is 5.52. The van der Waals surface area contributed by atoms with Gasteiger partial charge in [-0.25, -0.2) is 0 Å². The molecule has 5 nitrogen and oxygen atoms in total. The minimum Gasteiger partial charge on any atom is -0.369 e. The minimum absolute atomic E-state index is 0.0836. The molecule has 0 radical (unpaired) electrons. The van der Waals surface area contributed by atoms with Gasteiger partial charge in [0.2, 0.25) is 5.91 Å². The summed E-state index contributed by atoms with van der Waals surface area (Å²) >= 11 is 0. The third kappa shape index (κ3) is 4.46. The molecule has 0 fully saturated rings. The van der Waals surface area contributed by atoms with Gasteiger partial charge in [-0.1, -0.05) is 0 Å². The van der Waals surface area contributed by atoms with Crippen molar-refractivity contribution in [2.45, 2.75) is 46.5 Å². The van der Waals surface area contributed by atoms with E-state index in [1.165, 1.54) is 20.8 Å². The molecule has 0 aromatic rings. The number of carbonyl (C=O) groups is 4. The van der Waals surface area contributed by atoms with Gasteiger partial charge in [0.25, 0.3) is 0 Å². The third-order valence-corrected chi connectivity index (χ3v) is 2.95. The van der Waals surface area contributed by atoms with E-state index in [0.717, 1.165) is 0 Å². The molecule has 0 aliphatic heterocycles. The molecule has 17 heavy (non-hydrogen) atoms. The van der Waals surface area contributed by atoms with Gasteiger partial charge in [-0.2, -0.15) is 0 Å². The quantitative estimate of drug-likeness (QED) is 0.635. The van der Waals surface area contributed by atoms with Crippen LogP contribution >= 0.6 is 0 Å². The topological polar surface area (TPSA) is 94.3 Å². The molecule has 0 unspecified atom stereocenters. The van der Waals surface area contributed by atoms with Crippen molar-refractivity contribution in [3.05, 3.63) is 0 Å². The molecule has 5 heteroatoms. The first-order valence-corrected chi connectivity index (χ1v) is 5.52. The van der Waals surface area contributed by atoms with Crippen molar-refractivity contribution in [1.82, 2.24) is 0 Å². The second-order valence-electron chi connectivity index (χ2n) is 4.41.